The van der Waals surface area contributed by atoms with Crippen LogP contribution >= 0.6 is 23.4 Å². The standard InChI is InChI=1S/C9H11ClN2OS/c1-12-9(13)5-14-8-3-2-6(10)4-7(8)11/h2-4H,5,11H2,1H3,(H,12,13). The second kappa shape index (κ2) is 5.12. The number of carbonyl (C=O) groups excluding carboxylic acids is 1. The lowest BCUT2D eigenvalue weighted by Gasteiger charge is -2.04. The van der Waals surface area contributed by atoms with E-state index < -0.39 is 0 Å². The van der Waals surface area contributed by atoms with Gasteiger partial charge in [-0.1, -0.05) is 11.6 Å². The average Bonchev–Trinajstić information content (AvgIpc) is 2.16. The van der Waals surface area contributed by atoms with E-state index in [0.717, 1.165) is 4.90 Å². The van der Waals surface area contributed by atoms with Crippen molar-refractivity contribution in [2.24, 2.45) is 0 Å². The maximum absolute atomic E-state index is 11.0. The summed E-state index contributed by atoms with van der Waals surface area (Å²) in [6, 6.07) is 5.24. The molecule has 14 heavy (non-hydrogen) atoms. The molecule has 0 aliphatic heterocycles. The quantitative estimate of drug-likeness (QED) is 0.615. The van der Waals surface area contributed by atoms with Crippen molar-refractivity contribution in [1.29, 1.82) is 0 Å². The number of hydrogen-bond donors (Lipinski definition) is 2. The summed E-state index contributed by atoms with van der Waals surface area (Å²) in [6.07, 6.45) is 0. The Balaban J connectivity index is 2.63. The first-order valence-corrected chi connectivity index (χ1v) is 5.38. The van der Waals surface area contributed by atoms with Crippen molar-refractivity contribution < 1.29 is 4.79 Å². The molecule has 5 heteroatoms. The topological polar surface area (TPSA) is 55.1 Å². The molecule has 1 amide bonds. The lowest BCUT2D eigenvalue weighted by atomic mass is 10.3. The van der Waals surface area contributed by atoms with Crippen molar-refractivity contribution in [2.45, 2.75) is 4.90 Å². The van der Waals surface area contributed by atoms with E-state index in [4.69, 9.17) is 17.3 Å². The van der Waals surface area contributed by atoms with E-state index in [1.54, 1.807) is 19.2 Å². The second-order valence-corrected chi connectivity index (χ2v) is 4.10. The van der Waals surface area contributed by atoms with Gasteiger partial charge in [-0.25, -0.2) is 0 Å². The molecule has 0 spiro atoms. The molecule has 1 rings (SSSR count). The minimum atomic E-state index is -0.0238. The Hall–Kier alpha value is -0.870. The van der Waals surface area contributed by atoms with Gasteiger partial charge in [-0.2, -0.15) is 0 Å². The van der Waals surface area contributed by atoms with Crippen molar-refractivity contribution >= 4 is 35.0 Å². The molecular formula is C9H11ClN2OS. The number of benzene rings is 1. The third kappa shape index (κ3) is 3.12. The predicted molar refractivity (Wildman–Crippen MR) is 60.7 cm³/mol. The van der Waals surface area contributed by atoms with Crippen LogP contribution in [0.4, 0.5) is 5.69 Å². The van der Waals surface area contributed by atoms with Crippen molar-refractivity contribution in [3.8, 4) is 0 Å². The first-order valence-electron chi connectivity index (χ1n) is 4.02. The summed E-state index contributed by atoms with van der Waals surface area (Å²) in [6.45, 7) is 0. The summed E-state index contributed by atoms with van der Waals surface area (Å²) in [5.41, 5.74) is 6.32. The molecule has 0 aliphatic rings. The normalized spacial score (nSPS) is 9.86. The highest BCUT2D eigenvalue weighted by atomic mass is 35.5. The Morgan fingerprint density at radius 1 is 1.64 bits per heavy atom. The molecule has 0 radical (unpaired) electrons. The molecule has 0 heterocycles. The average molecular weight is 231 g/mol. The molecular weight excluding hydrogens is 220 g/mol. The number of thioether (sulfide) groups is 1. The minimum absolute atomic E-state index is 0.0238. The van der Waals surface area contributed by atoms with Crippen molar-refractivity contribution in [2.75, 3.05) is 18.5 Å². The Kier molecular flexibility index (Phi) is 4.10. The van der Waals surface area contributed by atoms with Crippen LogP contribution in [0.2, 0.25) is 5.02 Å². The Morgan fingerprint density at radius 2 is 2.36 bits per heavy atom. The van der Waals surface area contributed by atoms with Crippen LogP contribution in [0.1, 0.15) is 0 Å². The van der Waals surface area contributed by atoms with E-state index in [9.17, 15) is 4.79 Å². The van der Waals surface area contributed by atoms with Crippen molar-refractivity contribution in [3.05, 3.63) is 23.2 Å². The van der Waals surface area contributed by atoms with Crippen LogP contribution in [-0.4, -0.2) is 18.7 Å². The Morgan fingerprint density at radius 3 is 2.93 bits per heavy atom. The summed E-state index contributed by atoms with van der Waals surface area (Å²) in [5, 5.41) is 3.14. The van der Waals surface area contributed by atoms with E-state index in [-0.39, 0.29) is 5.91 Å². The number of rotatable bonds is 3. The fourth-order valence-corrected chi connectivity index (χ4v) is 1.87. The molecule has 0 aliphatic carbocycles. The van der Waals surface area contributed by atoms with Gasteiger partial charge in [-0.15, -0.1) is 11.8 Å². The third-order valence-corrected chi connectivity index (χ3v) is 2.93. The van der Waals surface area contributed by atoms with Crippen LogP contribution in [-0.2, 0) is 4.79 Å². The monoisotopic (exact) mass is 230 g/mol. The molecule has 76 valence electrons. The summed E-state index contributed by atoms with van der Waals surface area (Å²) in [4.78, 5) is 11.8. The van der Waals surface area contributed by atoms with Gasteiger partial charge in [-0.3, -0.25) is 4.79 Å². The largest absolute Gasteiger partial charge is 0.398 e. The number of nitrogens with two attached hydrogens (primary N) is 1. The number of nitrogen functional groups attached to an aromatic ring is 1. The SMILES string of the molecule is CNC(=O)CSc1ccc(Cl)cc1N. The van der Waals surface area contributed by atoms with Crippen LogP contribution in [0.3, 0.4) is 0 Å². The highest BCUT2D eigenvalue weighted by molar-refractivity contribution is 8.00. The van der Waals surface area contributed by atoms with E-state index in [2.05, 4.69) is 5.32 Å². The van der Waals surface area contributed by atoms with Gasteiger partial charge in [-0.05, 0) is 18.2 Å². The first kappa shape index (κ1) is 11.2. The highest BCUT2D eigenvalue weighted by Gasteiger charge is 2.03. The lowest BCUT2D eigenvalue weighted by Crippen LogP contribution is -2.19. The molecule has 1 aromatic rings. The van der Waals surface area contributed by atoms with E-state index in [1.807, 2.05) is 6.07 Å². The second-order valence-electron chi connectivity index (χ2n) is 2.64. The first-order chi connectivity index (χ1) is 6.63. The molecule has 3 nitrogen and oxygen atoms in total. The Bertz CT molecular complexity index is 344. The molecule has 0 atom stereocenters. The van der Waals surface area contributed by atoms with Gasteiger partial charge in [0.2, 0.25) is 5.91 Å². The number of halogens is 1. The molecule has 0 saturated heterocycles. The summed E-state index contributed by atoms with van der Waals surface area (Å²) in [5.74, 6) is 0.340. The van der Waals surface area contributed by atoms with Gasteiger partial charge >= 0.3 is 0 Å². The van der Waals surface area contributed by atoms with Crippen molar-refractivity contribution in [1.82, 2.24) is 5.32 Å². The molecule has 3 N–H and O–H groups in total. The van der Waals surface area contributed by atoms with Gasteiger partial charge in [0.15, 0.2) is 0 Å². The number of carbonyl (C=O) groups is 1. The van der Waals surface area contributed by atoms with Gasteiger partial charge in [0.05, 0.1) is 5.75 Å². The zero-order valence-corrected chi connectivity index (χ0v) is 9.28. The molecule has 0 aromatic heterocycles. The van der Waals surface area contributed by atoms with Gasteiger partial charge < -0.3 is 11.1 Å². The Labute approximate surface area is 92.0 Å². The van der Waals surface area contributed by atoms with Crippen LogP contribution in [0.25, 0.3) is 0 Å². The van der Waals surface area contributed by atoms with E-state index in [0.29, 0.717) is 16.5 Å². The van der Waals surface area contributed by atoms with Crippen molar-refractivity contribution in [3.63, 3.8) is 0 Å². The van der Waals surface area contributed by atoms with Gasteiger partial charge in [0.1, 0.15) is 0 Å². The molecule has 1 aromatic carbocycles. The van der Waals surface area contributed by atoms with Crippen LogP contribution < -0.4 is 11.1 Å². The molecule has 0 saturated carbocycles. The zero-order valence-electron chi connectivity index (χ0n) is 7.71. The van der Waals surface area contributed by atoms with Crippen LogP contribution in [0.15, 0.2) is 23.1 Å². The maximum atomic E-state index is 11.0. The lowest BCUT2D eigenvalue weighted by molar-refractivity contribution is -0.118. The number of amides is 1. The fraction of sp³-hybridized carbons (Fsp3) is 0.222. The van der Waals surface area contributed by atoms with E-state index in [1.165, 1.54) is 11.8 Å². The number of nitrogens with one attached hydrogen (secondary N) is 1. The summed E-state index contributed by atoms with van der Waals surface area (Å²) >= 11 is 7.13. The van der Waals surface area contributed by atoms with Gasteiger partial charge in [0.25, 0.3) is 0 Å². The number of anilines is 1. The molecule has 0 unspecified atom stereocenters. The van der Waals surface area contributed by atoms with Crippen LogP contribution in [0.5, 0.6) is 0 Å². The highest BCUT2D eigenvalue weighted by Crippen LogP contribution is 2.27. The third-order valence-electron chi connectivity index (χ3n) is 1.61. The summed E-state index contributed by atoms with van der Waals surface area (Å²) < 4.78 is 0. The van der Waals surface area contributed by atoms with E-state index >= 15 is 0 Å². The maximum Gasteiger partial charge on any atom is 0.230 e. The van der Waals surface area contributed by atoms with Crippen LogP contribution in [0, 0.1) is 0 Å². The molecule has 0 fully saturated rings. The zero-order chi connectivity index (χ0) is 10.6. The fourth-order valence-electron chi connectivity index (χ4n) is 0.866. The summed E-state index contributed by atoms with van der Waals surface area (Å²) in [7, 11) is 1.61. The predicted octanol–water partition coefficient (Wildman–Crippen LogP) is 1.76. The molecule has 0 bridgehead atoms. The van der Waals surface area contributed by atoms with Gasteiger partial charge in [0, 0.05) is 22.7 Å². The number of hydrogen-bond acceptors (Lipinski definition) is 3. The minimum Gasteiger partial charge on any atom is -0.398 e. The smallest absolute Gasteiger partial charge is 0.230 e.